The molecule has 0 N–H and O–H groups in total. The smallest absolute Gasteiger partial charge is 0.188 e. The molecule has 378 valence electrons. The van der Waals surface area contributed by atoms with E-state index >= 15 is 0 Å². The van der Waals surface area contributed by atoms with Gasteiger partial charge in [-0.2, -0.15) is 10.5 Å². The van der Waals surface area contributed by atoms with E-state index in [9.17, 15) is 10.5 Å². The van der Waals surface area contributed by atoms with Crippen LogP contribution >= 0.6 is 0 Å². The maximum atomic E-state index is 10.1. The Balaban J connectivity index is 1.11. The summed E-state index contributed by atoms with van der Waals surface area (Å²) in [5.41, 5.74) is 16.9. The molecule has 0 aliphatic rings. The topological polar surface area (TPSA) is 66.2 Å². The molecule has 8 heteroatoms. The minimum absolute atomic E-state index is 0.543. The van der Waals surface area contributed by atoms with Crippen molar-refractivity contribution in [3.63, 3.8) is 0 Å². The number of hydrogen-bond donors (Lipinski definition) is 0. The summed E-state index contributed by atoms with van der Waals surface area (Å²) in [5.74, 6) is 0. The van der Waals surface area contributed by atoms with Crippen molar-refractivity contribution >= 4 is 103 Å². The second-order valence-corrected chi connectivity index (χ2v) is 33.2. The molecule has 0 amide bonds. The fourth-order valence-electron chi connectivity index (χ4n) is 11.9. The number of nitriles is 2. The molecule has 13 rings (SSSR count). The zero-order valence-electron chi connectivity index (χ0n) is 45.3. The first-order chi connectivity index (χ1) is 38.7. The number of nitrogens with zero attached hydrogens (tertiary/aromatic N) is 6. The van der Waals surface area contributed by atoms with E-state index in [4.69, 9.17) is 13.1 Å². The van der Waals surface area contributed by atoms with Gasteiger partial charge in [0.2, 0.25) is 0 Å². The third-order valence-electron chi connectivity index (χ3n) is 16.1. The SMILES string of the molecule is [C-]#[N+]c1ccc2c(c1)c1cc(C#N)ccc1n2-c1ccc2c(-c3ccc(-c4ccc([Si](C)(C)C)cc4)cc3)c3cc(-n4c5ccc(C#N)cc5c5cc([N+]#[C-])ccc54)ccc3c(-c3ccc(-c4ccc([Si](C)(C)C)cc4)cc3)c2c1. The summed E-state index contributed by atoms with van der Waals surface area (Å²) >= 11 is 0. The van der Waals surface area contributed by atoms with Crippen LogP contribution in [0.4, 0.5) is 11.4 Å². The van der Waals surface area contributed by atoms with Gasteiger partial charge in [0.25, 0.3) is 0 Å². The van der Waals surface area contributed by atoms with Crippen molar-refractivity contribution < 1.29 is 0 Å². The molecular weight excluding hydrogens is 1010 g/mol. The molecule has 2 heterocycles. The van der Waals surface area contributed by atoms with Gasteiger partial charge < -0.3 is 9.13 Å². The van der Waals surface area contributed by atoms with Crippen molar-refractivity contribution in [1.82, 2.24) is 9.13 Å². The Bertz CT molecular complexity index is 4450. The number of aromatic nitrogens is 2. The van der Waals surface area contributed by atoms with Crippen LogP contribution in [0.1, 0.15) is 11.1 Å². The van der Waals surface area contributed by atoms with Crippen LogP contribution in [-0.2, 0) is 0 Å². The van der Waals surface area contributed by atoms with Crippen molar-refractivity contribution in [2.24, 2.45) is 0 Å². The first-order valence-electron chi connectivity index (χ1n) is 26.9. The predicted octanol–water partition coefficient (Wildman–Crippen LogP) is 18.8. The molecule has 0 atom stereocenters. The molecule has 0 saturated carbocycles. The summed E-state index contributed by atoms with van der Waals surface area (Å²) < 4.78 is 4.54. The fraction of sp³-hybridized carbons (Fsp3) is 0.0833. The van der Waals surface area contributed by atoms with Crippen molar-refractivity contribution in [2.45, 2.75) is 39.3 Å². The third kappa shape index (κ3) is 8.26. The Morgan fingerprint density at radius 3 is 0.963 bits per heavy atom. The van der Waals surface area contributed by atoms with Gasteiger partial charge in [0.15, 0.2) is 11.4 Å². The fourth-order valence-corrected chi connectivity index (χ4v) is 14.3. The summed E-state index contributed by atoms with van der Waals surface area (Å²) in [6.07, 6.45) is 0. The van der Waals surface area contributed by atoms with E-state index in [1.54, 1.807) is 0 Å². The molecule has 11 aromatic carbocycles. The van der Waals surface area contributed by atoms with Gasteiger partial charge in [0.1, 0.15) is 0 Å². The van der Waals surface area contributed by atoms with Gasteiger partial charge in [-0.15, -0.1) is 0 Å². The monoisotopic (exact) mass is 1060 g/mol. The molecule has 13 aromatic rings. The van der Waals surface area contributed by atoms with Crippen molar-refractivity contribution in [1.29, 1.82) is 10.5 Å². The lowest BCUT2D eigenvalue weighted by Crippen LogP contribution is -2.37. The standard InChI is InChI=1S/C72H52N6Si2/c1-75-53-23-35-69-63(39-53)61-37-45(43-73)9-33-67(61)77(69)55-25-31-59-65(41-55)71(51-15-11-47(12-16-51)49-19-27-57(28-20-49)79(3,4)5)60-32-26-56(78-68-34-10-46(44-74)38-62(68)64-40-54(76-2)24-36-70(64)78)42-66(60)72(59)52-17-13-48(14-18-52)50-21-29-58(30-22-50)80(6,7)8/h9-42H,3-8H3. The highest BCUT2D eigenvalue weighted by Gasteiger charge is 2.23. The molecule has 0 spiro atoms. The quantitative estimate of drug-likeness (QED) is 0.0864. The molecule has 0 radical (unpaired) electrons. The van der Waals surface area contributed by atoms with Gasteiger partial charge in [0, 0.05) is 22.1 Å². The highest BCUT2D eigenvalue weighted by Crippen LogP contribution is 2.47. The normalized spacial score (nSPS) is 11.8. The van der Waals surface area contributed by atoms with Gasteiger partial charge in [0.05, 0.1) is 74.6 Å². The van der Waals surface area contributed by atoms with Crippen LogP contribution in [0.5, 0.6) is 0 Å². The molecule has 0 unspecified atom stereocenters. The lowest BCUT2D eigenvalue weighted by molar-refractivity contribution is 1.18. The van der Waals surface area contributed by atoms with Crippen LogP contribution < -0.4 is 10.4 Å². The van der Waals surface area contributed by atoms with E-state index in [0.717, 1.165) is 110 Å². The molecule has 0 aliphatic heterocycles. The maximum Gasteiger partial charge on any atom is 0.188 e. The van der Waals surface area contributed by atoms with Gasteiger partial charge in [-0.25, -0.2) is 9.69 Å². The summed E-state index contributed by atoms with van der Waals surface area (Å²) in [6.45, 7) is 30.1. The molecule has 0 saturated heterocycles. The zero-order valence-corrected chi connectivity index (χ0v) is 47.3. The van der Waals surface area contributed by atoms with Crippen LogP contribution in [0.2, 0.25) is 39.3 Å². The molecule has 0 fully saturated rings. The lowest BCUT2D eigenvalue weighted by Gasteiger charge is -2.21. The minimum Gasteiger partial charge on any atom is -0.309 e. The highest BCUT2D eigenvalue weighted by atomic mass is 28.3. The van der Waals surface area contributed by atoms with Crippen LogP contribution in [-0.4, -0.2) is 25.3 Å². The Kier molecular flexibility index (Phi) is 11.7. The van der Waals surface area contributed by atoms with E-state index in [0.29, 0.717) is 22.5 Å². The van der Waals surface area contributed by atoms with Crippen molar-refractivity contribution in [3.8, 4) is 68.0 Å². The molecule has 0 bridgehead atoms. The van der Waals surface area contributed by atoms with E-state index in [1.807, 2.05) is 72.8 Å². The number of rotatable bonds is 8. The molecule has 2 aromatic heterocycles. The number of fused-ring (bicyclic) bond motifs is 8. The third-order valence-corrected chi connectivity index (χ3v) is 20.3. The van der Waals surface area contributed by atoms with Gasteiger partial charge in [-0.05, 0) is 162 Å². The van der Waals surface area contributed by atoms with Crippen LogP contribution in [0.15, 0.2) is 206 Å². The Morgan fingerprint density at radius 1 is 0.325 bits per heavy atom. The summed E-state index contributed by atoms with van der Waals surface area (Å²) in [6, 6.07) is 77.9. The minimum atomic E-state index is -1.49. The second-order valence-electron chi connectivity index (χ2n) is 23.0. The number of benzene rings is 11. The molecule has 6 nitrogen and oxygen atoms in total. The first-order valence-corrected chi connectivity index (χ1v) is 33.9. The van der Waals surface area contributed by atoms with E-state index in [1.165, 1.54) is 21.5 Å². The Morgan fingerprint density at radius 2 is 0.637 bits per heavy atom. The van der Waals surface area contributed by atoms with Gasteiger partial charge in [-0.3, -0.25) is 0 Å². The largest absolute Gasteiger partial charge is 0.309 e. The molecule has 0 aliphatic carbocycles. The highest BCUT2D eigenvalue weighted by molar-refractivity contribution is 6.89. The van der Waals surface area contributed by atoms with Crippen LogP contribution in [0.3, 0.4) is 0 Å². The molecular formula is C72H52N6Si2. The first kappa shape index (κ1) is 49.5. The Hall–Kier alpha value is -10.1. The number of hydrogen-bond acceptors (Lipinski definition) is 2. The molecule has 80 heavy (non-hydrogen) atoms. The van der Waals surface area contributed by atoms with Crippen molar-refractivity contribution in [3.05, 3.63) is 240 Å². The summed E-state index contributed by atoms with van der Waals surface area (Å²) in [7, 11) is -2.98. The van der Waals surface area contributed by atoms with Crippen LogP contribution in [0, 0.1) is 35.8 Å². The van der Waals surface area contributed by atoms with Gasteiger partial charge in [-0.1, -0.05) is 171 Å². The lowest BCUT2D eigenvalue weighted by atomic mass is 9.85. The van der Waals surface area contributed by atoms with Crippen molar-refractivity contribution in [2.75, 3.05) is 0 Å². The summed E-state index contributed by atoms with van der Waals surface area (Å²) in [4.78, 5) is 7.60. The predicted molar refractivity (Wildman–Crippen MR) is 340 cm³/mol. The van der Waals surface area contributed by atoms with Gasteiger partial charge >= 0.3 is 0 Å². The average Bonchev–Trinajstić information content (AvgIpc) is 4.18. The summed E-state index contributed by atoms with van der Waals surface area (Å²) in [5, 5.41) is 31.0. The Labute approximate surface area is 467 Å². The average molecular weight is 1060 g/mol. The van der Waals surface area contributed by atoms with E-state index in [-0.39, 0.29) is 0 Å². The van der Waals surface area contributed by atoms with E-state index < -0.39 is 16.1 Å². The van der Waals surface area contributed by atoms with E-state index in [2.05, 4.69) is 204 Å². The van der Waals surface area contributed by atoms with Crippen LogP contribution in [0.25, 0.3) is 131 Å². The second kappa shape index (κ2) is 18.8. The zero-order chi connectivity index (χ0) is 55.2. The maximum absolute atomic E-state index is 10.1.